The standard InChI is InChI=1S/C17H13N3O/c1-11-6-8-18-10-15(11)20-9-7-14-16(17(20)21)12-4-2-3-5-13(12)19-14/h2-10,19H,1H3. The van der Waals surface area contributed by atoms with Crippen LogP contribution in [0, 0.1) is 6.92 Å². The Hall–Kier alpha value is -2.88. The molecule has 0 aliphatic heterocycles. The van der Waals surface area contributed by atoms with Crippen molar-refractivity contribution >= 4 is 21.8 Å². The summed E-state index contributed by atoms with van der Waals surface area (Å²) >= 11 is 0. The van der Waals surface area contributed by atoms with Gasteiger partial charge in [-0.25, -0.2) is 0 Å². The molecular weight excluding hydrogens is 262 g/mol. The van der Waals surface area contributed by atoms with E-state index in [1.165, 1.54) is 0 Å². The number of aryl methyl sites for hydroxylation is 1. The Kier molecular flexibility index (Phi) is 2.44. The molecule has 4 nitrogen and oxygen atoms in total. The van der Waals surface area contributed by atoms with E-state index in [0.29, 0.717) is 0 Å². The number of fused-ring (bicyclic) bond motifs is 3. The van der Waals surface area contributed by atoms with Gasteiger partial charge in [0.15, 0.2) is 0 Å². The Bertz CT molecular complexity index is 1030. The zero-order valence-corrected chi connectivity index (χ0v) is 11.5. The minimum Gasteiger partial charge on any atom is -0.354 e. The van der Waals surface area contributed by atoms with Crippen molar-refractivity contribution in [1.82, 2.24) is 14.5 Å². The van der Waals surface area contributed by atoms with Crippen LogP contribution < -0.4 is 5.56 Å². The van der Waals surface area contributed by atoms with Crippen LogP contribution >= 0.6 is 0 Å². The zero-order valence-electron chi connectivity index (χ0n) is 11.5. The number of para-hydroxylation sites is 1. The molecule has 102 valence electrons. The van der Waals surface area contributed by atoms with E-state index in [2.05, 4.69) is 9.97 Å². The summed E-state index contributed by atoms with van der Waals surface area (Å²) in [7, 11) is 0. The van der Waals surface area contributed by atoms with E-state index in [1.54, 1.807) is 23.2 Å². The van der Waals surface area contributed by atoms with Crippen LogP contribution in [-0.4, -0.2) is 14.5 Å². The summed E-state index contributed by atoms with van der Waals surface area (Å²) in [6.45, 7) is 1.98. The van der Waals surface area contributed by atoms with Crippen LogP contribution in [0.15, 0.2) is 59.8 Å². The van der Waals surface area contributed by atoms with E-state index < -0.39 is 0 Å². The summed E-state index contributed by atoms with van der Waals surface area (Å²) in [6, 6.07) is 11.7. The van der Waals surface area contributed by atoms with Crippen LogP contribution in [0.25, 0.3) is 27.5 Å². The number of aromatic amines is 1. The van der Waals surface area contributed by atoms with E-state index >= 15 is 0 Å². The fourth-order valence-electron chi connectivity index (χ4n) is 2.75. The fraction of sp³-hybridized carbons (Fsp3) is 0.0588. The van der Waals surface area contributed by atoms with Gasteiger partial charge in [-0.3, -0.25) is 14.3 Å². The smallest absolute Gasteiger partial charge is 0.265 e. The van der Waals surface area contributed by atoms with Crippen molar-refractivity contribution in [3.05, 3.63) is 70.9 Å². The monoisotopic (exact) mass is 275 g/mol. The largest absolute Gasteiger partial charge is 0.354 e. The number of nitrogens with zero attached hydrogens (tertiary/aromatic N) is 2. The lowest BCUT2D eigenvalue weighted by atomic mass is 10.2. The predicted molar refractivity (Wildman–Crippen MR) is 83.9 cm³/mol. The Morgan fingerprint density at radius 1 is 1.10 bits per heavy atom. The summed E-state index contributed by atoms with van der Waals surface area (Å²) in [5, 5.41) is 1.67. The van der Waals surface area contributed by atoms with E-state index in [4.69, 9.17) is 0 Å². The third kappa shape index (κ3) is 1.69. The molecule has 0 saturated carbocycles. The number of hydrogen-bond acceptors (Lipinski definition) is 2. The minimum absolute atomic E-state index is 0.0268. The van der Waals surface area contributed by atoms with Gasteiger partial charge in [0, 0.05) is 23.3 Å². The number of hydrogen-bond donors (Lipinski definition) is 1. The molecule has 4 aromatic rings. The maximum absolute atomic E-state index is 12.9. The number of benzene rings is 1. The summed E-state index contributed by atoms with van der Waals surface area (Å²) in [5.41, 5.74) is 3.64. The van der Waals surface area contributed by atoms with Gasteiger partial charge in [0.2, 0.25) is 0 Å². The lowest BCUT2D eigenvalue weighted by Crippen LogP contribution is -2.18. The maximum Gasteiger partial charge on any atom is 0.265 e. The lowest BCUT2D eigenvalue weighted by Gasteiger charge is -2.08. The van der Waals surface area contributed by atoms with Crippen LogP contribution in [0.2, 0.25) is 0 Å². The molecule has 0 unspecified atom stereocenters. The molecule has 0 radical (unpaired) electrons. The average molecular weight is 275 g/mol. The molecule has 0 fully saturated rings. The molecule has 0 bridgehead atoms. The van der Waals surface area contributed by atoms with Crippen molar-refractivity contribution in [1.29, 1.82) is 0 Å². The van der Waals surface area contributed by atoms with E-state index in [0.717, 1.165) is 33.1 Å². The van der Waals surface area contributed by atoms with Crippen LogP contribution in [0.4, 0.5) is 0 Å². The normalized spacial score (nSPS) is 11.3. The zero-order chi connectivity index (χ0) is 14.4. The second kappa shape index (κ2) is 4.31. The molecule has 3 heterocycles. The average Bonchev–Trinajstić information content (AvgIpc) is 2.88. The third-order valence-corrected chi connectivity index (χ3v) is 3.83. The second-order valence-electron chi connectivity index (χ2n) is 5.11. The predicted octanol–water partition coefficient (Wildman–Crippen LogP) is 3.18. The van der Waals surface area contributed by atoms with Gasteiger partial charge in [-0.05, 0) is 30.7 Å². The van der Waals surface area contributed by atoms with Gasteiger partial charge in [0.1, 0.15) is 0 Å². The molecule has 0 saturated heterocycles. The third-order valence-electron chi connectivity index (χ3n) is 3.83. The van der Waals surface area contributed by atoms with Crippen molar-refractivity contribution in [3.63, 3.8) is 0 Å². The van der Waals surface area contributed by atoms with Gasteiger partial charge in [-0.1, -0.05) is 18.2 Å². The van der Waals surface area contributed by atoms with Gasteiger partial charge in [-0.15, -0.1) is 0 Å². The summed E-state index contributed by atoms with van der Waals surface area (Å²) in [5.74, 6) is 0. The quantitative estimate of drug-likeness (QED) is 0.580. The summed E-state index contributed by atoms with van der Waals surface area (Å²) < 4.78 is 1.66. The van der Waals surface area contributed by atoms with Crippen LogP contribution in [-0.2, 0) is 0 Å². The highest BCUT2D eigenvalue weighted by Crippen LogP contribution is 2.22. The Morgan fingerprint density at radius 3 is 2.81 bits per heavy atom. The van der Waals surface area contributed by atoms with Crippen LogP contribution in [0.1, 0.15) is 5.56 Å². The van der Waals surface area contributed by atoms with Gasteiger partial charge < -0.3 is 4.98 Å². The Labute approximate surface area is 120 Å². The first kappa shape index (κ1) is 11.9. The summed E-state index contributed by atoms with van der Waals surface area (Å²) in [4.78, 5) is 20.3. The molecule has 0 atom stereocenters. The van der Waals surface area contributed by atoms with Crippen LogP contribution in [0.5, 0.6) is 0 Å². The molecule has 0 aliphatic carbocycles. The molecule has 0 amide bonds. The highest BCUT2D eigenvalue weighted by atomic mass is 16.1. The van der Waals surface area contributed by atoms with Crippen molar-refractivity contribution in [2.45, 2.75) is 6.92 Å². The molecule has 4 heteroatoms. The molecule has 0 aliphatic rings. The fourth-order valence-corrected chi connectivity index (χ4v) is 2.75. The van der Waals surface area contributed by atoms with E-state index in [1.807, 2.05) is 43.3 Å². The van der Waals surface area contributed by atoms with Gasteiger partial charge >= 0.3 is 0 Å². The molecule has 1 aromatic carbocycles. The molecule has 3 aromatic heterocycles. The summed E-state index contributed by atoms with van der Waals surface area (Å²) in [6.07, 6.45) is 5.25. The number of aromatic nitrogens is 3. The number of nitrogens with one attached hydrogen (secondary N) is 1. The maximum atomic E-state index is 12.9. The van der Waals surface area contributed by atoms with Crippen molar-refractivity contribution in [2.75, 3.05) is 0 Å². The van der Waals surface area contributed by atoms with Crippen LogP contribution in [0.3, 0.4) is 0 Å². The molecular formula is C17H13N3O. The lowest BCUT2D eigenvalue weighted by molar-refractivity contribution is 0.980. The van der Waals surface area contributed by atoms with E-state index in [9.17, 15) is 4.79 Å². The van der Waals surface area contributed by atoms with Gasteiger partial charge in [0.25, 0.3) is 5.56 Å². The van der Waals surface area contributed by atoms with Gasteiger partial charge in [0.05, 0.1) is 22.8 Å². The topological polar surface area (TPSA) is 50.7 Å². The first-order chi connectivity index (χ1) is 10.3. The second-order valence-corrected chi connectivity index (χ2v) is 5.11. The Morgan fingerprint density at radius 2 is 1.95 bits per heavy atom. The number of rotatable bonds is 1. The molecule has 4 rings (SSSR count). The first-order valence-electron chi connectivity index (χ1n) is 6.79. The first-order valence-corrected chi connectivity index (χ1v) is 6.79. The molecule has 1 N–H and O–H groups in total. The van der Waals surface area contributed by atoms with E-state index in [-0.39, 0.29) is 5.56 Å². The molecule has 21 heavy (non-hydrogen) atoms. The molecule has 0 spiro atoms. The van der Waals surface area contributed by atoms with Crippen molar-refractivity contribution in [3.8, 4) is 5.69 Å². The number of H-pyrrole nitrogens is 1. The number of pyridine rings is 2. The Balaban J connectivity index is 2.14. The highest BCUT2D eigenvalue weighted by molar-refractivity contribution is 6.06. The minimum atomic E-state index is -0.0268. The highest BCUT2D eigenvalue weighted by Gasteiger charge is 2.11. The van der Waals surface area contributed by atoms with Gasteiger partial charge in [-0.2, -0.15) is 0 Å². The van der Waals surface area contributed by atoms with Crippen molar-refractivity contribution in [2.24, 2.45) is 0 Å². The SMILES string of the molecule is Cc1ccncc1-n1ccc2[nH]c3ccccc3c2c1=O. The van der Waals surface area contributed by atoms with Crippen molar-refractivity contribution < 1.29 is 0 Å².